The molecule has 2 aliphatic heterocycles. The number of carbonyl (C=O) groups is 1. The Bertz CT molecular complexity index is 1030. The van der Waals surface area contributed by atoms with Crippen LogP contribution in [0.25, 0.3) is 0 Å². The molecule has 0 unspecified atom stereocenters. The highest BCUT2D eigenvalue weighted by Gasteiger charge is 2.43. The number of likely N-dealkylation sites (tertiary alicyclic amines) is 1. The Morgan fingerprint density at radius 2 is 1.62 bits per heavy atom. The van der Waals surface area contributed by atoms with Crippen molar-refractivity contribution in [2.75, 3.05) is 28.2 Å². The van der Waals surface area contributed by atoms with Crippen molar-refractivity contribution in [2.24, 2.45) is 5.92 Å². The number of para-hydroxylation sites is 3. The number of halogens is 2. The van der Waals surface area contributed by atoms with Gasteiger partial charge in [-0.15, -0.1) is 0 Å². The van der Waals surface area contributed by atoms with E-state index in [1.54, 1.807) is 29.2 Å². The molecular weight excluding hydrogens is 464 g/mol. The van der Waals surface area contributed by atoms with E-state index in [1.165, 1.54) is 10.4 Å². The Morgan fingerprint density at radius 3 is 2.21 bits per heavy atom. The van der Waals surface area contributed by atoms with E-state index in [1.807, 2.05) is 20.8 Å². The van der Waals surface area contributed by atoms with Gasteiger partial charge in [-0.1, -0.05) is 18.2 Å². The molecule has 2 aromatic carbocycles. The highest BCUT2D eigenvalue weighted by atomic mass is 32.3. The Labute approximate surface area is 200 Å². The molecule has 2 aromatic rings. The van der Waals surface area contributed by atoms with E-state index in [9.17, 15) is 22.7 Å². The summed E-state index contributed by atoms with van der Waals surface area (Å²) in [5.41, 5.74) is -0.180. The summed E-state index contributed by atoms with van der Waals surface area (Å²) >= 11 is 0. The fraction of sp³-hybridized carbons (Fsp3) is 0.458. The van der Waals surface area contributed by atoms with Crippen molar-refractivity contribution in [2.45, 2.75) is 45.6 Å². The lowest BCUT2D eigenvalue weighted by atomic mass is 9.93. The number of hydrogen-bond acceptors (Lipinski definition) is 6. The summed E-state index contributed by atoms with van der Waals surface area (Å²) in [7, 11) is -3.73. The van der Waals surface area contributed by atoms with Gasteiger partial charge >= 0.3 is 6.09 Å². The van der Waals surface area contributed by atoms with Crippen LogP contribution in [0.4, 0.5) is 30.6 Å². The van der Waals surface area contributed by atoms with Crippen LogP contribution in [0.1, 0.15) is 40.0 Å². The fourth-order valence-electron chi connectivity index (χ4n) is 4.41. The first-order valence-electron chi connectivity index (χ1n) is 11.4. The fourth-order valence-corrected chi connectivity index (χ4v) is 6.21. The van der Waals surface area contributed by atoms with Crippen LogP contribution in [0.15, 0.2) is 42.5 Å². The molecule has 0 spiro atoms. The van der Waals surface area contributed by atoms with Crippen LogP contribution in [0.5, 0.6) is 0 Å². The number of rotatable bonds is 4. The van der Waals surface area contributed by atoms with Crippen molar-refractivity contribution in [1.29, 1.82) is 0 Å². The minimum absolute atomic E-state index is 0.264. The van der Waals surface area contributed by atoms with Gasteiger partial charge in [-0.05, 0) is 81.2 Å². The van der Waals surface area contributed by atoms with E-state index < -0.39 is 33.9 Å². The van der Waals surface area contributed by atoms with Crippen LogP contribution >= 0.6 is 11.0 Å². The van der Waals surface area contributed by atoms with E-state index in [-0.39, 0.29) is 12.0 Å². The summed E-state index contributed by atoms with van der Waals surface area (Å²) in [6.45, 7) is 6.93. The molecule has 0 radical (unpaired) electrons. The van der Waals surface area contributed by atoms with E-state index in [2.05, 4.69) is 0 Å². The lowest BCUT2D eigenvalue weighted by Gasteiger charge is -2.44. The van der Waals surface area contributed by atoms with E-state index in [4.69, 9.17) is 4.74 Å². The van der Waals surface area contributed by atoms with Crippen molar-refractivity contribution in [1.82, 2.24) is 4.90 Å². The van der Waals surface area contributed by atoms with Crippen LogP contribution in [0.3, 0.4) is 0 Å². The number of benzene rings is 2. The van der Waals surface area contributed by atoms with Gasteiger partial charge < -0.3 is 9.64 Å². The maximum Gasteiger partial charge on any atom is 0.410 e. The van der Waals surface area contributed by atoms with Crippen molar-refractivity contribution in [3.63, 3.8) is 0 Å². The van der Waals surface area contributed by atoms with Crippen LogP contribution in [-0.2, 0) is 4.74 Å². The molecule has 2 heterocycles. The third-order valence-corrected chi connectivity index (χ3v) is 7.90. The average molecular weight is 496 g/mol. The number of nitrogens with zero attached hydrogens (tertiary/aromatic N) is 3. The SMILES string of the molecule is CC(C)(C)OC(=O)N1CCC(CCN2c3ccccc3N(c3c(F)cccc3F)S2(O)O)CC1. The Balaban J connectivity index is 1.47. The molecule has 2 N–H and O–H groups in total. The third kappa shape index (κ3) is 4.80. The van der Waals surface area contributed by atoms with Gasteiger partial charge in [0.2, 0.25) is 0 Å². The molecule has 7 nitrogen and oxygen atoms in total. The van der Waals surface area contributed by atoms with Crippen LogP contribution in [-0.4, -0.2) is 45.3 Å². The maximum atomic E-state index is 14.6. The molecule has 2 aliphatic rings. The monoisotopic (exact) mass is 495 g/mol. The van der Waals surface area contributed by atoms with Crippen LogP contribution in [0, 0.1) is 17.6 Å². The quantitative estimate of drug-likeness (QED) is 0.502. The van der Waals surface area contributed by atoms with Crippen molar-refractivity contribution < 1.29 is 27.4 Å². The number of fused-ring (bicyclic) bond motifs is 1. The van der Waals surface area contributed by atoms with Gasteiger partial charge in [-0.3, -0.25) is 13.4 Å². The lowest BCUT2D eigenvalue weighted by molar-refractivity contribution is 0.0182. The van der Waals surface area contributed by atoms with Crippen LogP contribution < -0.4 is 8.61 Å². The van der Waals surface area contributed by atoms with Crippen molar-refractivity contribution in [3.05, 3.63) is 54.1 Å². The second kappa shape index (κ2) is 9.24. The molecule has 1 saturated heterocycles. The zero-order valence-electron chi connectivity index (χ0n) is 19.6. The van der Waals surface area contributed by atoms with Gasteiger partial charge in [0.15, 0.2) is 11.6 Å². The molecule has 1 amide bonds. The van der Waals surface area contributed by atoms with E-state index in [0.29, 0.717) is 37.4 Å². The smallest absolute Gasteiger partial charge is 0.410 e. The van der Waals surface area contributed by atoms with Gasteiger partial charge in [-0.2, -0.15) is 0 Å². The molecular formula is C24H31F2N3O4S. The van der Waals surface area contributed by atoms with Gasteiger partial charge in [0.25, 0.3) is 0 Å². The van der Waals surface area contributed by atoms with Gasteiger partial charge in [0.05, 0.1) is 11.4 Å². The van der Waals surface area contributed by atoms with Gasteiger partial charge in [-0.25, -0.2) is 17.9 Å². The highest BCUT2D eigenvalue weighted by Crippen LogP contribution is 2.64. The number of ether oxygens (including phenoxy) is 1. The molecule has 0 atom stereocenters. The third-order valence-electron chi connectivity index (χ3n) is 6.06. The number of piperidine rings is 1. The summed E-state index contributed by atoms with van der Waals surface area (Å²) in [4.78, 5) is 14.0. The standard InChI is InChI=1S/C24H31F2N3O4S/c1-24(2,3)33-23(30)27-14-11-17(12-15-27)13-16-28-20-9-4-5-10-21(20)29(34(28,31)32)22-18(25)7-6-8-19(22)26/h4-10,17,31-32H,11-16H2,1-3H3. The molecule has 1 fully saturated rings. The molecule has 10 heteroatoms. The summed E-state index contributed by atoms with van der Waals surface area (Å²) in [5, 5.41) is 0. The summed E-state index contributed by atoms with van der Waals surface area (Å²) in [5.74, 6) is -1.47. The second-order valence-corrected chi connectivity index (χ2v) is 11.4. The number of amides is 1. The van der Waals surface area contributed by atoms with E-state index in [0.717, 1.165) is 29.3 Å². The molecule has 0 aromatic heterocycles. The van der Waals surface area contributed by atoms with Crippen molar-refractivity contribution in [3.8, 4) is 0 Å². The first-order chi connectivity index (χ1) is 16.0. The number of hydrogen-bond donors (Lipinski definition) is 2. The second-order valence-electron chi connectivity index (χ2n) is 9.64. The zero-order valence-corrected chi connectivity index (χ0v) is 20.4. The first-order valence-corrected chi connectivity index (χ1v) is 12.8. The summed E-state index contributed by atoms with van der Waals surface area (Å²) in [6, 6.07) is 10.2. The van der Waals surface area contributed by atoms with Crippen molar-refractivity contribution >= 4 is 34.1 Å². The predicted molar refractivity (Wildman–Crippen MR) is 130 cm³/mol. The molecule has 34 heavy (non-hydrogen) atoms. The highest BCUT2D eigenvalue weighted by molar-refractivity contribution is 8.27. The lowest BCUT2D eigenvalue weighted by Crippen LogP contribution is -2.42. The Kier molecular flexibility index (Phi) is 6.67. The minimum atomic E-state index is -3.73. The van der Waals surface area contributed by atoms with Gasteiger partial charge in [0.1, 0.15) is 11.3 Å². The number of anilines is 3. The average Bonchev–Trinajstić information content (AvgIpc) is 2.98. The first kappa shape index (κ1) is 24.6. The van der Waals surface area contributed by atoms with E-state index >= 15 is 0 Å². The molecule has 0 saturated carbocycles. The van der Waals surface area contributed by atoms with Gasteiger partial charge in [0, 0.05) is 19.6 Å². The normalized spacial score (nSPS) is 19.2. The summed E-state index contributed by atoms with van der Waals surface area (Å²) in [6.07, 6.45) is 1.84. The Morgan fingerprint density at radius 1 is 1.03 bits per heavy atom. The summed E-state index contributed by atoms with van der Waals surface area (Å²) < 4.78 is 59.4. The molecule has 186 valence electrons. The number of carbonyl (C=O) groups excluding carboxylic acids is 1. The maximum absolute atomic E-state index is 14.6. The minimum Gasteiger partial charge on any atom is -0.444 e. The topological polar surface area (TPSA) is 76.5 Å². The Hall–Kier alpha value is -2.56. The molecule has 4 rings (SSSR count). The zero-order chi connectivity index (χ0) is 24.7. The molecule has 0 bridgehead atoms. The predicted octanol–water partition coefficient (Wildman–Crippen LogP) is 6.54. The largest absolute Gasteiger partial charge is 0.444 e. The molecule has 0 aliphatic carbocycles. The van der Waals surface area contributed by atoms with Crippen LogP contribution in [0.2, 0.25) is 0 Å².